The fraction of sp³-hybridized carbons (Fsp3) is 0.500. The van der Waals surface area contributed by atoms with Crippen LogP contribution >= 0.6 is 23.1 Å². The molecular formula is C18H23FN4OS2. The van der Waals surface area contributed by atoms with E-state index in [-0.39, 0.29) is 17.6 Å². The molecule has 1 aromatic heterocycles. The van der Waals surface area contributed by atoms with Crippen molar-refractivity contribution in [3.8, 4) is 0 Å². The summed E-state index contributed by atoms with van der Waals surface area (Å²) in [4.78, 5) is 14.8. The largest absolute Gasteiger partial charge is 0.300 e. The first-order valence-electron chi connectivity index (χ1n) is 8.77. The number of hydrogen-bond donors (Lipinski definition) is 1. The number of carbonyl (C=O) groups excluding carboxylic acids is 1. The second kappa shape index (κ2) is 8.92. The number of thioether (sulfide) groups is 1. The van der Waals surface area contributed by atoms with Gasteiger partial charge in [0.25, 0.3) is 0 Å². The number of halogens is 1. The van der Waals surface area contributed by atoms with Gasteiger partial charge in [-0.2, -0.15) is 0 Å². The molecule has 1 saturated heterocycles. The molecule has 1 N–H and O–H groups in total. The zero-order valence-corrected chi connectivity index (χ0v) is 16.6. The number of likely N-dealkylation sites (tertiary alicyclic amines) is 1. The smallest absolute Gasteiger partial charge is 0.230 e. The van der Waals surface area contributed by atoms with Gasteiger partial charge in [0.1, 0.15) is 5.82 Å². The van der Waals surface area contributed by atoms with E-state index < -0.39 is 0 Å². The van der Waals surface area contributed by atoms with Crippen LogP contribution in [0.2, 0.25) is 0 Å². The number of anilines is 1. The van der Waals surface area contributed by atoms with E-state index in [1.54, 1.807) is 23.9 Å². The number of nitrogens with one attached hydrogen (secondary N) is 1. The van der Waals surface area contributed by atoms with E-state index in [1.807, 2.05) is 0 Å². The van der Waals surface area contributed by atoms with E-state index in [2.05, 4.69) is 34.3 Å². The predicted molar refractivity (Wildman–Crippen MR) is 104 cm³/mol. The first kappa shape index (κ1) is 19.3. The van der Waals surface area contributed by atoms with E-state index in [9.17, 15) is 9.18 Å². The van der Waals surface area contributed by atoms with Crippen LogP contribution in [0.1, 0.15) is 32.3 Å². The topological polar surface area (TPSA) is 58.1 Å². The van der Waals surface area contributed by atoms with E-state index in [0.29, 0.717) is 16.9 Å². The Hall–Kier alpha value is -1.51. The maximum absolute atomic E-state index is 13.0. The van der Waals surface area contributed by atoms with Gasteiger partial charge in [0.05, 0.1) is 5.92 Å². The molecule has 1 aliphatic heterocycles. The van der Waals surface area contributed by atoms with E-state index in [0.717, 1.165) is 35.8 Å². The van der Waals surface area contributed by atoms with Crippen molar-refractivity contribution >= 4 is 34.1 Å². The summed E-state index contributed by atoms with van der Waals surface area (Å²) < 4.78 is 13.9. The molecule has 0 bridgehead atoms. The van der Waals surface area contributed by atoms with Crippen molar-refractivity contribution in [2.45, 2.75) is 42.8 Å². The molecule has 3 rings (SSSR count). The molecule has 8 heteroatoms. The number of amides is 1. The molecule has 1 fully saturated rings. The van der Waals surface area contributed by atoms with Gasteiger partial charge in [0, 0.05) is 18.3 Å². The standard InChI is InChI=1S/C18H23FN4OS2/c1-12(2)25-18-22-21-17(26-18)20-16(24)14-4-3-9-23(11-14)10-13-5-7-15(19)8-6-13/h5-8,12,14H,3-4,9-11H2,1-2H3,(H,20,21,24). The predicted octanol–water partition coefficient (Wildman–Crippen LogP) is 4.03. The van der Waals surface area contributed by atoms with Crippen LogP contribution in [-0.4, -0.2) is 39.3 Å². The maximum Gasteiger partial charge on any atom is 0.230 e. The van der Waals surface area contributed by atoms with Crippen molar-refractivity contribution in [1.82, 2.24) is 15.1 Å². The molecule has 2 heterocycles. The third-order valence-corrected chi connectivity index (χ3v) is 6.10. The molecule has 26 heavy (non-hydrogen) atoms. The van der Waals surface area contributed by atoms with Crippen molar-refractivity contribution in [3.05, 3.63) is 35.6 Å². The highest BCUT2D eigenvalue weighted by Crippen LogP contribution is 2.29. The molecule has 1 aliphatic rings. The van der Waals surface area contributed by atoms with Crippen LogP contribution in [0.25, 0.3) is 0 Å². The van der Waals surface area contributed by atoms with Gasteiger partial charge in [-0.05, 0) is 37.1 Å². The Bertz CT molecular complexity index is 735. The first-order chi connectivity index (χ1) is 12.5. The lowest BCUT2D eigenvalue weighted by Gasteiger charge is -2.31. The number of carbonyl (C=O) groups is 1. The van der Waals surface area contributed by atoms with E-state index in [4.69, 9.17) is 0 Å². The number of nitrogens with zero attached hydrogens (tertiary/aromatic N) is 3. The van der Waals surface area contributed by atoms with Crippen LogP contribution < -0.4 is 5.32 Å². The fourth-order valence-corrected chi connectivity index (χ4v) is 4.96. The molecule has 1 unspecified atom stereocenters. The Kier molecular flexibility index (Phi) is 6.61. The molecule has 0 aliphatic carbocycles. The summed E-state index contributed by atoms with van der Waals surface area (Å²) in [5.74, 6) is -0.281. The Morgan fingerprint density at radius 3 is 2.88 bits per heavy atom. The van der Waals surface area contributed by atoms with Crippen molar-refractivity contribution in [1.29, 1.82) is 0 Å². The normalized spacial score (nSPS) is 18.2. The summed E-state index contributed by atoms with van der Waals surface area (Å²) in [7, 11) is 0. The highest BCUT2D eigenvalue weighted by atomic mass is 32.2. The van der Waals surface area contributed by atoms with E-state index >= 15 is 0 Å². The highest BCUT2D eigenvalue weighted by Gasteiger charge is 2.26. The minimum Gasteiger partial charge on any atom is -0.300 e. The zero-order chi connectivity index (χ0) is 18.5. The maximum atomic E-state index is 13.0. The van der Waals surface area contributed by atoms with Crippen LogP contribution in [0.15, 0.2) is 28.6 Å². The third kappa shape index (κ3) is 5.49. The number of rotatable bonds is 6. The van der Waals surface area contributed by atoms with Crippen LogP contribution in [-0.2, 0) is 11.3 Å². The monoisotopic (exact) mass is 394 g/mol. The molecule has 0 radical (unpaired) electrons. The SMILES string of the molecule is CC(C)Sc1nnc(NC(=O)C2CCCN(Cc3ccc(F)cc3)C2)s1. The molecular weight excluding hydrogens is 371 g/mol. The Labute approximate surface area is 161 Å². The first-order valence-corrected chi connectivity index (χ1v) is 10.5. The molecule has 0 spiro atoms. The quantitative estimate of drug-likeness (QED) is 0.592. The number of aromatic nitrogens is 2. The minimum atomic E-state index is -0.225. The molecule has 1 atom stereocenters. The van der Waals surface area contributed by atoms with Gasteiger partial charge in [-0.3, -0.25) is 9.69 Å². The number of piperidine rings is 1. The van der Waals surface area contributed by atoms with Gasteiger partial charge in [0.2, 0.25) is 11.0 Å². The molecule has 5 nitrogen and oxygen atoms in total. The van der Waals surface area contributed by atoms with Crippen molar-refractivity contribution in [2.24, 2.45) is 5.92 Å². The van der Waals surface area contributed by atoms with Gasteiger partial charge >= 0.3 is 0 Å². The Morgan fingerprint density at radius 1 is 1.38 bits per heavy atom. The molecule has 2 aromatic rings. The van der Waals surface area contributed by atoms with Crippen LogP contribution in [0, 0.1) is 11.7 Å². The van der Waals surface area contributed by atoms with Crippen LogP contribution in [0.3, 0.4) is 0 Å². The summed E-state index contributed by atoms with van der Waals surface area (Å²) >= 11 is 3.06. The molecule has 0 saturated carbocycles. The van der Waals surface area contributed by atoms with Crippen LogP contribution in [0.5, 0.6) is 0 Å². The van der Waals surface area contributed by atoms with Crippen molar-refractivity contribution < 1.29 is 9.18 Å². The Morgan fingerprint density at radius 2 is 2.15 bits per heavy atom. The average Bonchev–Trinajstić information content (AvgIpc) is 3.03. The molecule has 140 valence electrons. The van der Waals surface area contributed by atoms with Gasteiger partial charge in [-0.1, -0.05) is 49.1 Å². The lowest BCUT2D eigenvalue weighted by molar-refractivity contribution is -0.121. The second-order valence-electron chi connectivity index (χ2n) is 6.73. The summed E-state index contributed by atoms with van der Waals surface area (Å²) in [5.41, 5.74) is 1.06. The lowest BCUT2D eigenvalue weighted by Crippen LogP contribution is -2.40. The molecule has 1 amide bonds. The van der Waals surface area contributed by atoms with Gasteiger partial charge < -0.3 is 5.32 Å². The summed E-state index contributed by atoms with van der Waals surface area (Å²) in [5, 5.41) is 12.1. The summed E-state index contributed by atoms with van der Waals surface area (Å²) in [6, 6.07) is 6.56. The van der Waals surface area contributed by atoms with E-state index in [1.165, 1.54) is 23.5 Å². The lowest BCUT2D eigenvalue weighted by atomic mass is 9.97. The summed E-state index contributed by atoms with van der Waals surface area (Å²) in [6.45, 7) is 6.59. The summed E-state index contributed by atoms with van der Waals surface area (Å²) in [6.07, 6.45) is 1.85. The van der Waals surface area contributed by atoms with Gasteiger partial charge in [-0.25, -0.2) is 4.39 Å². The van der Waals surface area contributed by atoms with Crippen molar-refractivity contribution in [3.63, 3.8) is 0 Å². The minimum absolute atomic E-state index is 0.00560. The fourth-order valence-electron chi connectivity index (χ4n) is 2.98. The average molecular weight is 395 g/mol. The number of hydrogen-bond acceptors (Lipinski definition) is 6. The zero-order valence-electron chi connectivity index (χ0n) is 14.9. The van der Waals surface area contributed by atoms with Gasteiger partial charge in [-0.15, -0.1) is 10.2 Å². The highest BCUT2D eigenvalue weighted by molar-refractivity contribution is 8.01. The Balaban J connectivity index is 1.54. The van der Waals surface area contributed by atoms with Gasteiger partial charge in [0.15, 0.2) is 4.34 Å². The van der Waals surface area contributed by atoms with Crippen molar-refractivity contribution in [2.75, 3.05) is 18.4 Å². The van der Waals surface area contributed by atoms with Crippen LogP contribution in [0.4, 0.5) is 9.52 Å². The number of benzene rings is 1. The molecule has 1 aromatic carbocycles. The second-order valence-corrected chi connectivity index (χ2v) is 9.53. The third-order valence-electron chi connectivity index (χ3n) is 4.17.